The lowest BCUT2D eigenvalue weighted by Crippen LogP contribution is -2.29. The van der Waals surface area contributed by atoms with Crippen molar-refractivity contribution in [1.29, 1.82) is 0 Å². The van der Waals surface area contributed by atoms with E-state index in [2.05, 4.69) is 24.1 Å². The van der Waals surface area contributed by atoms with E-state index in [1.165, 1.54) is 0 Å². The highest BCUT2D eigenvalue weighted by Crippen LogP contribution is 2.19. The first-order valence-corrected chi connectivity index (χ1v) is 6.78. The summed E-state index contributed by atoms with van der Waals surface area (Å²) in [5.74, 6) is -0.149. The van der Waals surface area contributed by atoms with E-state index in [1.807, 2.05) is 38.2 Å². The molecule has 0 aromatic heterocycles. The number of likely N-dealkylation sites (N-methyl/N-ethyl adjacent to an activating group) is 2. The average molecular weight is 267 g/mol. The maximum atomic E-state index is 14.1. The molecule has 0 bridgehead atoms. The van der Waals surface area contributed by atoms with E-state index in [-0.39, 0.29) is 5.82 Å². The van der Waals surface area contributed by atoms with Gasteiger partial charge in [0.1, 0.15) is 5.82 Å². The van der Waals surface area contributed by atoms with E-state index in [1.54, 1.807) is 6.07 Å². The van der Waals surface area contributed by atoms with Gasteiger partial charge in [0, 0.05) is 32.7 Å². The minimum Gasteiger partial charge on any atom is -0.371 e. The van der Waals surface area contributed by atoms with Crippen LogP contribution >= 0.6 is 0 Å². The standard InChI is InChI=1S/C15H26FN3/c1-12(2)17-11-13-6-7-15(14(16)10-13)19(5)9-8-18(3)4/h6-7,10,12,17H,8-9,11H2,1-5H3. The van der Waals surface area contributed by atoms with Gasteiger partial charge in [-0.3, -0.25) is 0 Å². The Balaban J connectivity index is 2.65. The number of nitrogens with one attached hydrogen (secondary N) is 1. The van der Waals surface area contributed by atoms with Gasteiger partial charge in [0.15, 0.2) is 0 Å². The topological polar surface area (TPSA) is 18.5 Å². The fraction of sp³-hybridized carbons (Fsp3) is 0.600. The largest absolute Gasteiger partial charge is 0.371 e. The molecule has 1 aromatic rings. The van der Waals surface area contributed by atoms with Crippen LogP contribution in [0.15, 0.2) is 18.2 Å². The van der Waals surface area contributed by atoms with Crippen LogP contribution in [-0.2, 0) is 6.54 Å². The fourth-order valence-electron chi connectivity index (χ4n) is 1.76. The monoisotopic (exact) mass is 267 g/mol. The molecule has 0 unspecified atom stereocenters. The molecule has 0 aliphatic heterocycles. The van der Waals surface area contributed by atoms with Gasteiger partial charge in [0.25, 0.3) is 0 Å². The lowest BCUT2D eigenvalue weighted by atomic mass is 10.1. The molecule has 1 aromatic carbocycles. The highest BCUT2D eigenvalue weighted by atomic mass is 19.1. The summed E-state index contributed by atoms with van der Waals surface area (Å²) < 4.78 is 14.1. The second-order valence-electron chi connectivity index (χ2n) is 5.55. The van der Waals surface area contributed by atoms with Crippen molar-refractivity contribution < 1.29 is 4.39 Å². The Morgan fingerprint density at radius 2 is 1.84 bits per heavy atom. The van der Waals surface area contributed by atoms with Gasteiger partial charge >= 0.3 is 0 Å². The van der Waals surface area contributed by atoms with Gasteiger partial charge in [0.2, 0.25) is 0 Å². The number of anilines is 1. The molecule has 0 spiro atoms. The molecule has 0 fully saturated rings. The molecule has 0 radical (unpaired) electrons. The zero-order chi connectivity index (χ0) is 14.4. The van der Waals surface area contributed by atoms with Crippen molar-refractivity contribution in [2.45, 2.75) is 26.4 Å². The van der Waals surface area contributed by atoms with Gasteiger partial charge in [-0.1, -0.05) is 19.9 Å². The number of hydrogen-bond acceptors (Lipinski definition) is 3. The molecule has 0 amide bonds. The third-order valence-electron chi connectivity index (χ3n) is 3.02. The minimum atomic E-state index is -0.149. The van der Waals surface area contributed by atoms with Crippen LogP contribution in [0, 0.1) is 5.82 Å². The molecule has 0 heterocycles. The smallest absolute Gasteiger partial charge is 0.146 e. The predicted octanol–water partition coefficient (Wildman–Crippen LogP) is 2.32. The van der Waals surface area contributed by atoms with Crippen molar-refractivity contribution in [3.63, 3.8) is 0 Å². The Labute approximate surface area is 116 Å². The zero-order valence-corrected chi connectivity index (χ0v) is 12.7. The third kappa shape index (κ3) is 5.57. The van der Waals surface area contributed by atoms with Gasteiger partial charge in [-0.25, -0.2) is 4.39 Å². The van der Waals surface area contributed by atoms with Gasteiger partial charge < -0.3 is 15.1 Å². The normalized spacial score (nSPS) is 11.4. The first-order chi connectivity index (χ1) is 8.90. The highest BCUT2D eigenvalue weighted by molar-refractivity contribution is 5.48. The molecule has 4 heteroatoms. The minimum absolute atomic E-state index is 0.149. The number of benzene rings is 1. The summed E-state index contributed by atoms with van der Waals surface area (Å²) in [5, 5.41) is 3.29. The quantitative estimate of drug-likeness (QED) is 0.818. The molecule has 0 aliphatic rings. The Morgan fingerprint density at radius 3 is 2.37 bits per heavy atom. The fourth-order valence-corrected chi connectivity index (χ4v) is 1.76. The highest BCUT2D eigenvalue weighted by Gasteiger charge is 2.08. The summed E-state index contributed by atoms with van der Waals surface area (Å²) >= 11 is 0. The second-order valence-corrected chi connectivity index (χ2v) is 5.55. The van der Waals surface area contributed by atoms with Crippen molar-refractivity contribution in [3.8, 4) is 0 Å². The van der Waals surface area contributed by atoms with Crippen molar-refractivity contribution in [3.05, 3.63) is 29.6 Å². The molecular weight excluding hydrogens is 241 g/mol. The van der Waals surface area contributed by atoms with Crippen LogP contribution in [0.5, 0.6) is 0 Å². The van der Waals surface area contributed by atoms with Crippen molar-refractivity contribution in [1.82, 2.24) is 10.2 Å². The number of halogens is 1. The molecule has 0 aliphatic carbocycles. The summed E-state index contributed by atoms with van der Waals surface area (Å²) in [7, 11) is 5.96. The Morgan fingerprint density at radius 1 is 1.16 bits per heavy atom. The van der Waals surface area contributed by atoms with Crippen molar-refractivity contribution in [2.75, 3.05) is 39.1 Å². The second kappa shape index (κ2) is 7.46. The summed E-state index contributed by atoms with van der Waals surface area (Å²) in [6.45, 7) is 6.59. The summed E-state index contributed by atoms with van der Waals surface area (Å²) in [5.41, 5.74) is 1.64. The number of nitrogens with zero attached hydrogens (tertiary/aromatic N) is 2. The van der Waals surface area contributed by atoms with E-state index in [0.717, 1.165) is 18.7 Å². The molecule has 108 valence electrons. The van der Waals surface area contributed by atoms with E-state index in [0.29, 0.717) is 18.3 Å². The van der Waals surface area contributed by atoms with Gasteiger partial charge in [-0.15, -0.1) is 0 Å². The lowest BCUT2D eigenvalue weighted by Gasteiger charge is -2.22. The van der Waals surface area contributed by atoms with E-state index >= 15 is 0 Å². The molecule has 1 rings (SSSR count). The van der Waals surface area contributed by atoms with Crippen LogP contribution in [-0.4, -0.2) is 45.2 Å². The van der Waals surface area contributed by atoms with Crippen LogP contribution in [0.25, 0.3) is 0 Å². The maximum absolute atomic E-state index is 14.1. The molecular formula is C15H26FN3. The third-order valence-corrected chi connectivity index (χ3v) is 3.02. The lowest BCUT2D eigenvalue weighted by molar-refractivity contribution is 0.416. The van der Waals surface area contributed by atoms with Crippen molar-refractivity contribution >= 4 is 5.69 Å². The molecule has 19 heavy (non-hydrogen) atoms. The predicted molar refractivity (Wildman–Crippen MR) is 80.2 cm³/mol. The van der Waals surface area contributed by atoms with E-state index in [4.69, 9.17) is 0 Å². The number of rotatable bonds is 7. The van der Waals surface area contributed by atoms with E-state index in [9.17, 15) is 4.39 Å². The Kier molecular flexibility index (Phi) is 6.25. The molecule has 1 N–H and O–H groups in total. The molecule has 0 saturated heterocycles. The molecule has 3 nitrogen and oxygen atoms in total. The zero-order valence-electron chi connectivity index (χ0n) is 12.7. The van der Waals surface area contributed by atoms with Crippen LogP contribution in [0.3, 0.4) is 0 Å². The Hall–Kier alpha value is -1.13. The maximum Gasteiger partial charge on any atom is 0.146 e. The first-order valence-electron chi connectivity index (χ1n) is 6.78. The SMILES string of the molecule is CC(C)NCc1ccc(N(C)CCN(C)C)c(F)c1. The van der Waals surface area contributed by atoms with Crippen molar-refractivity contribution in [2.24, 2.45) is 0 Å². The Bertz CT molecular complexity index is 391. The summed E-state index contributed by atoms with van der Waals surface area (Å²) in [4.78, 5) is 4.05. The van der Waals surface area contributed by atoms with Crippen LogP contribution in [0.2, 0.25) is 0 Å². The summed E-state index contributed by atoms with van der Waals surface area (Å²) in [6, 6.07) is 5.88. The first kappa shape index (κ1) is 15.9. The van der Waals surface area contributed by atoms with Crippen LogP contribution in [0.4, 0.5) is 10.1 Å². The van der Waals surface area contributed by atoms with E-state index < -0.39 is 0 Å². The molecule has 0 atom stereocenters. The molecule has 0 saturated carbocycles. The van der Waals surface area contributed by atoms with Gasteiger partial charge in [-0.05, 0) is 31.8 Å². The van der Waals surface area contributed by atoms with Gasteiger partial charge in [-0.2, -0.15) is 0 Å². The summed E-state index contributed by atoms with van der Waals surface area (Å²) in [6.07, 6.45) is 0. The van der Waals surface area contributed by atoms with Gasteiger partial charge in [0.05, 0.1) is 5.69 Å². The average Bonchev–Trinajstić information content (AvgIpc) is 2.33. The van der Waals surface area contributed by atoms with Crippen LogP contribution in [0.1, 0.15) is 19.4 Å². The number of hydrogen-bond donors (Lipinski definition) is 1. The van der Waals surface area contributed by atoms with Crippen LogP contribution < -0.4 is 10.2 Å².